The maximum atomic E-state index is 12.3. The molecule has 0 aliphatic rings. The highest BCUT2D eigenvalue weighted by atomic mass is 19.4. The van der Waals surface area contributed by atoms with Crippen molar-refractivity contribution in [2.75, 3.05) is 12.3 Å². The summed E-state index contributed by atoms with van der Waals surface area (Å²) >= 11 is 0. The first-order chi connectivity index (χ1) is 9.58. The van der Waals surface area contributed by atoms with Crippen molar-refractivity contribution in [1.82, 2.24) is 4.98 Å². The zero-order chi connectivity index (χ0) is 15.8. The van der Waals surface area contributed by atoms with E-state index in [1.54, 1.807) is 12.1 Å². The number of anilines is 1. The Hall–Kier alpha value is -1.98. The molecular weight excluding hydrogens is 281 g/mol. The summed E-state index contributed by atoms with van der Waals surface area (Å²) in [6.45, 7) is 4.64. The van der Waals surface area contributed by atoms with Gasteiger partial charge >= 0.3 is 6.18 Å². The van der Waals surface area contributed by atoms with Gasteiger partial charge in [-0.05, 0) is 17.5 Å². The van der Waals surface area contributed by atoms with E-state index in [9.17, 15) is 13.2 Å². The van der Waals surface area contributed by atoms with Gasteiger partial charge in [0, 0.05) is 10.9 Å². The molecule has 21 heavy (non-hydrogen) atoms. The van der Waals surface area contributed by atoms with E-state index >= 15 is 0 Å². The number of rotatable bonds is 2. The first kappa shape index (κ1) is 15.4. The molecule has 0 aliphatic heterocycles. The zero-order valence-electron chi connectivity index (χ0n) is 12.1. The molecule has 2 rings (SSSR count). The summed E-state index contributed by atoms with van der Waals surface area (Å²) in [6.07, 6.45) is -4.39. The van der Waals surface area contributed by atoms with E-state index in [1.165, 1.54) is 6.07 Å². The van der Waals surface area contributed by atoms with Crippen LogP contribution in [0.1, 0.15) is 26.3 Å². The summed E-state index contributed by atoms with van der Waals surface area (Å²) in [6, 6.07) is 6.71. The molecule has 0 saturated heterocycles. The van der Waals surface area contributed by atoms with Gasteiger partial charge in [0.25, 0.3) is 0 Å². The lowest BCUT2D eigenvalue weighted by atomic mass is 9.86. The minimum Gasteiger partial charge on any atom is -0.482 e. The minimum atomic E-state index is -4.39. The fourth-order valence-corrected chi connectivity index (χ4v) is 2.06. The van der Waals surface area contributed by atoms with Crippen LogP contribution in [0.4, 0.5) is 19.0 Å². The standard InChI is InChI=1S/C15H17F3N2O/c1-14(2,3)10-7-9-5-4-6-11(12(9)20-13(10)19)21-8-15(16,17)18/h4-7H,8H2,1-3H3,(H2,19,20). The fraction of sp³-hybridized carbons (Fsp3) is 0.400. The van der Waals surface area contributed by atoms with Crippen molar-refractivity contribution in [3.63, 3.8) is 0 Å². The lowest BCUT2D eigenvalue weighted by Crippen LogP contribution is -2.19. The second-order valence-corrected chi connectivity index (χ2v) is 5.90. The predicted octanol–water partition coefficient (Wildman–Crippen LogP) is 4.06. The van der Waals surface area contributed by atoms with Crippen LogP contribution in [0.2, 0.25) is 0 Å². The Kier molecular flexibility index (Phi) is 3.74. The highest BCUT2D eigenvalue weighted by Gasteiger charge is 2.29. The Bertz CT molecular complexity index is 660. The number of aromatic nitrogens is 1. The van der Waals surface area contributed by atoms with Crippen molar-refractivity contribution in [3.8, 4) is 5.75 Å². The van der Waals surface area contributed by atoms with Gasteiger partial charge in [-0.2, -0.15) is 13.2 Å². The molecule has 1 aromatic heterocycles. The van der Waals surface area contributed by atoms with E-state index in [1.807, 2.05) is 26.8 Å². The molecule has 0 bridgehead atoms. The molecule has 0 spiro atoms. The van der Waals surface area contributed by atoms with Gasteiger partial charge in [0.05, 0.1) is 0 Å². The van der Waals surface area contributed by atoms with E-state index in [0.29, 0.717) is 16.7 Å². The van der Waals surface area contributed by atoms with Crippen molar-refractivity contribution in [2.45, 2.75) is 32.4 Å². The number of nitrogen functional groups attached to an aromatic ring is 1. The molecular formula is C15H17F3N2O. The number of para-hydroxylation sites is 1. The fourth-order valence-electron chi connectivity index (χ4n) is 2.06. The van der Waals surface area contributed by atoms with Gasteiger partial charge < -0.3 is 10.5 Å². The number of ether oxygens (including phenoxy) is 1. The second-order valence-electron chi connectivity index (χ2n) is 5.90. The lowest BCUT2D eigenvalue weighted by Gasteiger charge is -2.21. The number of hydrogen-bond acceptors (Lipinski definition) is 3. The van der Waals surface area contributed by atoms with E-state index in [2.05, 4.69) is 4.98 Å². The van der Waals surface area contributed by atoms with Crippen molar-refractivity contribution in [1.29, 1.82) is 0 Å². The van der Waals surface area contributed by atoms with Crippen LogP contribution in [0.15, 0.2) is 24.3 Å². The van der Waals surface area contributed by atoms with Crippen LogP contribution in [0.3, 0.4) is 0 Å². The third-order valence-corrected chi connectivity index (χ3v) is 3.04. The summed E-state index contributed by atoms with van der Waals surface area (Å²) in [5.74, 6) is 0.384. The number of halogens is 3. The number of hydrogen-bond donors (Lipinski definition) is 1. The highest BCUT2D eigenvalue weighted by Crippen LogP contribution is 2.33. The number of nitrogens with zero attached hydrogens (tertiary/aromatic N) is 1. The molecule has 0 amide bonds. The monoisotopic (exact) mass is 298 g/mol. The summed E-state index contributed by atoms with van der Waals surface area (Å²) in [5, 5.41) is 0.703. The van der Waals surface area contributed by atoms with Gasteiger partial charge in [-0.1, -0.05) is 32.9 Å². The van der Waals surface area contributed by atoms with Gasteiger partial charge in [-0.3, -0.25) is 0 Å². The molecule has 2 N–H and O–H groups in total. The smallest absolute Gasteiger partial charge is 0.422 e. The maximum absolute atomic E-state index is 12.3. The van der Waals surface area contributed by atoms with Gasteiger partial charge in [0.1, 0.15) is 17.1 Å². The average Bonchev–Trinajstić information content (AvgIpc) is 2.33. The van der Waals surface area contributed by atoms with Gasteiger partial charge in [0.2, 0.25) is 0 Å². The summed E-state index contributed by atoms with van der Waals surface area (Å²) in [4.78, 5) is 4.23. The lowest BCUT2D eigenvalue weighted by molar-refractivity contribution is -0.153. The van der Waals surface area contributed by atoms with Crippen molar-refractivity contribution >= 4 is 16.7 Å². The molecule has 114 valence electrons. The largest absolute Gasteiger partial charge is 0.482 e. The van der Waals surface area contributed by atoms with Crippen LogP contribution in [-0.4, -0.2) is 17.8 Å². The van der Waals surface area contributed by atoms with Crippen molar-refractivity contribution < 1.29 is 17.9 Å². The van der Waals surface area contributed by atoms with Crippen LogP contribution in [0.5, 0.6) is 5.75 Å². The number of fused-ring (bicyclic) bond motifs is 1. The zero-order valence-corrected chi connectivity index (χ0v) is 12.1. The molecule has 3 nitrogen and oxygen atoms in total. The van der Waals surface area contributed by atoms with Crippen LogP contribution in [0.25, 0.3) is 10.9 Å². The normalized spacial score (nSPS) is 12.7. The highest BCUT2D eigenvalue weighted by molar-refractivity contribution is 5.87. The Labute approximate surface area is 120 Å². The molecule has 0 radical (unpaired) electrons. The Morgan fingerprint density at radius 2 is 1.86 bits per heavy atom. The topological polar surface area (TPSA) is 48.1 Å². The Morgan fingerprint density at radius 3 is 2.43 bits per heavy atom. The summed E-state index contributed by atoms with van der Waals surface area (Å²) in [5.41, 5.74) is 6.92. The third-order valence-electron chi connectivity index (χ3n) is 3.04. The maximum Gasteiger partial charge on any atom is 0.422 e. The number of nitrogens with two attached hydrogens (primary N) is 1. The van der Waals surface area contributed by atoms with Crippen LogP contribution in [0, 0.1) is 0 Å². The number of alkyl halides is 3. The van der Waals surface area contributed by atoms with Crippen LogP contribution < -0.4 is 10.5 Å². The molecule has 0 saturated carbocycles. The SMILES string of the molecule is CC(C)(C)c1cc2cccc(OCC(F)(F)F)c2nc1N. The van der Waals surface area contributed by atoms with Crippen molar-refractivity contribution in [3.05, 3.63) is 29.8 Å². The predicted molar refractivity (Wildman–Crippen MR) is 76.4 cm³/mol. The van der Waals surface area contributed by atoms with E-state index in [0.717, 1.165) is 5.56 Å². The number of pyridine rings is 1. The minimum absolute atomic E-state index is 0.0805. The van der Waals surface area contributed by atoms with E-state index in [-0.39, 0.29) is 11.2 Å². The van der Waals surface area contributed by atoms with E-state index in [4.69, 9.17) is 10.5 Å². The quantitative estimate of drug-likeness (QED) is 0.909. The van der Waals surface area contributed by atoms with Gasteiger partial charge in [0.15, 0.2) is 6.61 Å². The number of benzene rings is 1. The summed E-state index contributed by atoms with van der Waals surface area (Å²) < 4.78 is 41.6. The second kappa shape index (κ2) is 5.09. The van der Waals surface area contributed by atoms with Crippen molar-refractivity contribution in [2.24, 2.45) is 0 Å². The van der Waals surface area contributed by atoms with Gasteiger partial charge in [-0.25, -0.2) is 4.98 Å². The van der Waals surface area contributed by atoms with Gasteiger partial charge in [-0.15, -0.1) is 0 Å². The Morgan fingerprint density at radius 1 is 1.19 bits per heavy atom. The molecule has 1 heterocycles. The molecule has 1 aromatic carbocycles. The molecule has 0 atom stereocenters. The van der Waals surface area contributed by atoms with Crippen LogP contribution in [-0.2, 0) is 5.41 Å². The average molecular weight is 298 g/mol. The first-order valence-electron chi connectivity index (χ1n) is 6.47. The first-order valence-corrected chi connectivity index (χ1v) is 6.47. The molecule has 0 fully saturated rings. The van der Waals surface area contributed by atoms with E-state index < -0.39 is 12.8 Å². The molecule has 2 aromatic rings. The van der Waals surface area contributed by atoms with Crippen LogP contribution >= 0.6 is 0 Å². The molecule has 6 heteroatoms. The molecule has 0 unspecified atom stereocenters. The Balaban J connectivity index is 2.49. The summed E-state index contributed by atoms with van der Waals surface area (Å²) in [7, 11) is 0. The molecule has 0 aliphatic carbocycles. The third kappa shape index (κ3) is 3.56.